The van der Waals surface area contributed by atoms with Crippen LogP contribution in [0.25, 0.3) is 22.5 Å². The van der Waals surface area contributed by atoms with Crippen molar-refractivity contribution in [1.82, 2.24) is 9.97 Å². The zero-order chi connectivity index (χ0) is 32.0. The van der Waals surface area contributed by atoms with E-state index in [1.807, 2.05) is 60.7 Å². The lowest BCUT2D eigenvalue weighted by atomic mass is 9.82. The molecule has 0 spiro atoms. The van der Waals surface area contributed by atoms with E-state index in [0.717, 1.165) is 22.5 Å². The smallest absolute Gasteiger partial charge is 0.345 e. The summed E-state index contributed by atoms with van der Waals surface area (Å²) >= 11 is 0. The molecule has 2 heterocycles. The van der Waals surface area contributed by atoms with Gasteiger partial charge in [-0.1, -0.05) is 60.7 Å². The second kappa shape index (κ2) is 13.3. The molecule has 1 N–H and O–H groups in total. The van der Waals surface area contributed by atoms with E-state index < -0.39 is 23.1 Å². The molecule has 2 aromatic heterocycles. The van der Waals surface area contributed by atoms with E-state index in [0.29, 0.717) is 5.46 Å². The minimum atomic E-state index is -1.17. The molecule has 0 bridgehead atoms. The summed E-state index contributed by atoms with van der Waals surface area (Å²) in [5.74, 6) is -1.05. The molecule has 5 rings (SSSR count). The Morgan fingerprint density at radius 3 is 1.47 bits per heavy atom. The first-order chi connectivity index (χ1) is 21.5. The van der Waals surface area contributed by atoms with Gasteiger partial charge in [-0.05, 0) is 69.6 Å². The normalized spacial score (nSPS) is 11.5. The van der Waals surface area contributed by atoms with Gasteiger partial charge in [0.2, 0.25) is 0 Å². The van der Waals surface area contributed by atoms with Gasteiger partial charge in [0.05, 0.1) is 33.7 Å². The topological polar surface area (TPSA) is 108 Å². The number of aromatic nitrogens is 2. The third kappa shape index (κ3) is 7.89. The summed E-state index contributed by atoms with van der Waals surface area (Å²) in [6.07, 6.45) is 2.89. The van der Waals surface area contributed by atoms with Gasteiger partial charge in [0.25, 0.3) is 0 Å². The van der Waals surface area contributed by atoms with E-state index in [9.17, 15) is 14.7 Å². The van der Waals surface area contributed by atoms with Gasteiger partial charge in [-0.15, -0.1) is 0 Å². The molecule has 3 aromatic carbocycles. The molecule has 0 amide bonds. The molecule has 8 nitrogen and oxygen atoms in total. The lowest BCUT2D eigenvalue weighted by Gasteiger charge is -2.37. The number of ether oxygens (including phenoxy) is 2. The van der Waals surface area contributed by atoms with Crippen molar-refractivity contribution in [3.8, 4) is 34.0 Å². The van der Waals surface area contributed by atoms with Crippen LogP contribution in [0.5, 0.6) is 11.5 Å². The molecule has 0 atom stereocenters. The van der Waals surface area contributed by atoms with E-state index in [1.54, 1.807) is 64.1 Å². The Kier molecular flexibility index (Phi) is 9.22. The third-order valence-corrected chi connectivity index (χ3v) is 7.42. The van der Waals surface area contributed by atoms with Crippen molar-refractivity contribution < 1.29 is 28.8 Å². The maximum Gasteiger partial charge on any atom is 0.345 e. The summed E-state index contributed by atoms with van der Waals surface area (Å²) in [5.41, 5.74) is 2.08. The molecular formula is C36H32BN2O6. The first-order valence-electron chi connectivity index (χ1n) is 14.3. The van der Waals surface area contributed by atoms with Gasteiger partial charge in [-0.3, -0.25) is 9.97 Å². The summed E-state index contributed by atoms with van der Waals surface area (Å²) in [4.78, 5) is 34.9. The van der Waals surface area contributed by atoms with E-state index in [1.165, 1.54) is 25.9 Å². The van der Waals surface area contributed by atoms with Crippen molar-refractivity contribution >= 4 is 24.9 Å². The number of esters is 2. The average molecular weight is 599 g/mol. The highest BCUT2D eigenvalue weighted by Gasteiger charge is 2.35. The Balaban J connectivity index is 1.36. The SMILES string of the molecule is CC(C)(O)C(C)(C)O[B]c1cc(OC(=O)c2ccc(-c3ccccc3)nc2)cc(OC(=O)c2ccc(-c3ccccc3)nc2)c1. The lowest BCUT2D eigenvalue weighted by Crippen LogP contribution is -2.49. The molecule has 9 heteroatoms. The van der Waals surface area contributed by atoms with Crippen LogP contribution < -0.4 is 14.9 Å². The van der Waals surface area contributed by atoms with Gasteiger partial charge in [0, 0.05) is 29.6 Å². The number of pyridine rings is 2. The molecule has 0 fully saturated rings. The highest BCUT2D eigenvalue weighted by Crippen LogP contribution is 2.26. The van der Waals surface area contributed by atoms with Crippen molar-refractivity contribution in [2.45, 2.75) is 38.9 Å². The maximum absolute atomic E-state index is 13.1. The van der Waals surface area contributed by atoms with Crippen LogP contribution in [0.15, 0.2) is 116 Å². The molecule has 0 aliphatic carbocycles. The Morgan fingerprint density at radius 2 is 1.09 bits per heavy atom. The van der Waals surface area contributed by atoms with Gasteiger partial charge in [-0.2, -0.15) is 0 Å². The minimum Gasteiger partial charge on any atom is -0.427 e. The zero-order valence-electron chi connectivity index (χ0n) is 25.4. The lowest BCUT2D eigenvalue weighted by molar-refractivity contribution is -0.0893. The number of nitrogens with zero attached hydrogens (tertiary/aromatic N) is 2. The second-order valence-corrected chi connectivity index (χ2v) is 11.4. The maximum atomic E-state index is 13.1. The first kappa shape index (κ1) is 31.3. The fraction of sp³-hybridized carbons (Fsp3) is 0.167. The van der Waals surface area contributed by atoms with Crippen LogP contribution in [0.1, 0.15) is 48.4 Å². The molecule has 45 heavy (non-hydrogen) atoms. The monoisotopic (exact) mass is 599 g/mol. The highest BCUT2D eigenvalue weighted by atomic mass is 16.5. The van der Waals surface area contributed by atoms with Crippen LogP contribution in [-0.4, -0.2) is 45.7 Å². The molecule has 0 unspecified atom stereocenters. The van der Waals surface area contributed by atoms with E-state index in [2.05, 4.69) is 9.97 Å². The third-order valence-electron chi connectivity index (χ3n) is 7.42. The Hall–Kier alpha value is -5.12. The summed E-state index contributed by atoms with van der Waals surface area (Å²) in [5, 5.41) is 10.5. The van der Waals surface area contributed by atoms with Crippen LogP contribution in [-0.2, 0) is 4.65 Å². The van der Waals surface area contributed by atoms with Gasteiger partial charge >= 0.3 is 19.4 Å². The number of carbonyl (C=O) groups is 2. The predicted octanol–water partition coefficient (Wildman–Crippen LogP) is 6.06. The van der Waals surface area contributed by atoms with Crippen LogP contribution in [0.2, 0.25) is 0 Å². The number of hydrogen-bond acceptors (Lipinski definition) is 8. The number of rotatable bonds is 10. The van der Waals surface area contributed by atoms with Crippen molar-refractivity contribution in [1.29, 1.82) is 0 Å². The van der Waals surface area contributed by atoms with Crippen molar-refractivity contribution in [2.24, 2.45) is 0 Å². The van der Waals surface area contributed by atoms with Crippen LogP contribution in [0, 0.1) is 0 Å². The fourth-order valence-electron chi connectivity index (χ4n) is 4.06. The first-order valence-corrected chi connectivity index (χ1v) is 14.3. The number of aliphatic hydroxyl groups is 1. The minimum absolute atomic E-state index is 0.117. The molecule has 0 saturated carbocycles. The fourth-order valence-corrected chi connectivity index (χ4v) is 4.06. The van der Waals surface area contributed by atoms with E-state index in [4.69, 9.17) is 14.1 Å². The highest BCUT2D eigenvalue weighted by molar-refractivity contribution is 6.47. The molecule has 225 valence electrons. The zero-order valence-corrected chi connectivity index (χ0v) is 25.4. The Labute approximate surface area is 262 Å². The average Bonchev–Trinajstić information content (AvgIpc) is 3.04. The second-order valence-electron chi connectivity index (χ2n) is 11.4. The van der Waals surface area contributed by atoms with Crippen LogP contribution >= 0.6 is 0 Å². The van der Waals surface area contributed by atoms with Gasteiger partial charge < -0.3 is 19.2 Å². The summed E-state index contributed by atoms with van der Waals surface area (Å²) in [7, 11) is 1.42. The van der Waals surface area contributed by atoms with Crippen molar-refractivity contribution in [3.05, 3.63) is 127 Å². The summed E-state index contributed by atoms with van der Waals surface area (Å²) < 4.78 is 17.2. The van der Waals surface area contributed by atoms with Gasteiger partial charge in [0.15, 0.2) is 0 Å². The Morgan fingerprint density at radius 1 is 0.644 bits per heavy atom. The molecule has 5 aromatic rings. The molecular weight excluding hydrogens is 567 g/mol. The number of hydrogen-bond donors (Lipinski definition) is 1. The summed E-state index contributed by atoms with van der Waals surface area (Å²) in [6, 6.07) is 30.5. The molecule has 0 saturated heterocycles. The van der Waals surface area contributed by atoms with Gasteiger partial charge in [0.1, 0.15) is 11.5 Å². The largest absolute Gasteiger partial charge is 0.427 e. The molecule has 1 radical (unpaired) electrons. The van der Waals surface area contributed by atoms with Crippen molar-refractivity contribution in [3.63, 3.8) is 0 Å². The van der Waals surface area contributed by atoms with Crippen molar-refractivity contribution in [2.75, 3.05) is 0 Å². The van der Waals surface area contributed by atoms with E-state index >= 15 is 0 Å². The molecule has 0 aliphatic rings. The Bertz CT molecular complexity index is 1650. The van der Waals surface area contributed by atoms with Gasteiger partial charge in [-0.25, -0.2) is 9.59 Å². The quantitative estimate of drug-likeness (QED) is 0.117. The number of carbonyl (C=O) groups excluding carboxylic acids is 2. The molecule has 0 aliphatic heterocycles. The summed E-state index contributed by atoms with van der Waals surface area (Å²) in [6.45, 7) is 6.76. The standard InChI is InChI=1S/C36H32BN2O6/c1-35(2,42)36(3,4)45-37-28-19-29(43-33(40)26-15-17-31(38-22-26)24-11-7-5-8-12-24)21-30(20-28)44-34(41)27-16-18-32(39-23-27)25-13-9-6-10-14-25/h5-23,42H,1-4H3. The van der Waals surface area contributed by atoms with E-state index in [-0.39, 0.29) is 22.6 Å². The number of benzene rings is 3. The van der Waals surface area contributed by atoms with Crippen LogP contribution in [0.4, 0.5) is 0 Å². The van der Waals surface area contributed by atoms with Crippen LogP contribution in [0.3, 0.4) is 0 Å². The predicted molar refractivity (Wildman–Crippen MR) is 173 cm³/mol.